The van der Waals surface area contributed by atoms with E-state index in [1.165, 1.54) is 0 Å². The van der Waals surface area contributed by atoms with Gasteiger partial charge in [-0.2, -0.15) is 4.39 Å². The van der Waals surface area contributed by atoms with Gasteiger partial charge in [-0.05, 0) is 6.07 Å². The van der Waals surface area contributed by atoms with Crippen molar-refractivity contribution in [1.29, 1.82) is 0 Å². The van der Waals surface area contributed by atoms with Gasteiger partial charge in [0.1, 0.15) is 0 Å². The number of hydrogen-bond donors (Lipinski definition) is 0. The van der Waals surface area contributed by atoms with Gasteiger partial charge in [-0.3, -0.25) is 4.79 Å². The van der Waals surface area contributed by atoms with Crippen LogP contribution in [0, 0.1) is 11.6 Å². The number of hydrogen-bond acceptors (Lipinski definition) is 3. The molecular formula is C8H2ClF2NO2. The van der Waals surface area contributed by atoms with E-state index in [0.717, 1.165) is 6.07 Å². The van der Waals surface area contributed by atoms with Crippen LogP contribution in [0.5, 0.6) is 0 Å². The summed E-state index contributed by atoms with van der Waals surface area (Å²) in [4.78, 5) is 10.4. The van der Waals surface area contributed by atoms with Gasteiger partial charge in [-0.25, -0.2) is 4.39 Å². The summed E-state index contributed by atoms with van der Waals surface area (Å²) >= 11 is 5.52. The van der Waals surface area contributed by atoms with Crippen molar-refractivity contribution < 1.29 is 18.1 Å². The van der Waals surface area contributed by atoms with Crippen LogP contribution < -0.4 is 0 Å². The maximum absolute atomic E-state index is 13.1. The molecule has 3 nitrogen and oxygen atoms in total. The van der Waals surface area contributed by atoms with Crippen molar-refractivity contribution in [2.75, 3.05) is 0 Å². The van der Waals surface area contributed by atoms with Crippen LogP contribution in [0.3, 0.4) is 0 Å². The van der Waals surface area contributed by atoms with E-state index < -0.39 is 22.8 Å². The molecule has 0 saturated carbocycles. The average molecular weight is 218 g/mol. The fourth-order valence-corrected chi connectivity index (χ4v) is 1.27. The molecule has 14 heavy (non-hydrogen) atoms. The van der Waals surface area contributed by atoms with Gasteiger partial charge in [0.2, 0.25) is 11.4 Å². The molecule has 0 radical (unpaired) electrons. The summed E-state index contributed by atoms with van der Waals surface area (Å²) in [6, 6.07) is 1.08. The first kappa shape index (κ1) is 9.08. The Morgan fingerprint density at radius 1 is 1.43 bits per heavy atom. The molecule has 0 saturated heterocycles. The maximum atomic E-state index is 13.1. The molecule has 2 rings (SSSR count). The summed E-state index contributed by atoms with van der Waals surface area (Å²) in [6.07, 6.45) is 0.196. The highest BCUT2D eigenvalue weighted by atomic mass is 35.5. The van der Waals surface area contributed by atoms with E-state index in [1.54, 1.807) is 0 Å². The van der Waals surface area contributed by atoms with Crippen LogP contribution in [0.2, 0.25) is 5.15 Å². The van der Waals surface area contributed by atoms with Crippen LogP contribution in [-0.2, 0) is 0 Å². The lowest BCUT2D eigenvalue weighted by molar-refractivity contribution is 0.111. The molecule has 1 aromatic heterocycles. The third kappa shape index (κ3) is 1.09. The highest BCUT2D eigenvalue weighted by molar-refractivity contribution is 6.34. The van der Waals surface area contributed by atoms with Gasteiger partial charge in [0, 0.05) is 0 Å². The molecule has 1 heterocycles. The van der Waals surface area contributed by atoms with Crippen molar-refractivity contribution in [3.8, 4) is 0 Å². The Morgan fingerprint density at radius 2 is 2.14 bits per heavy atom. The Morgan fingerprint density at radius 3 is 2.79 bits per heavy atom. The van der Waals surface area contributed by atoms with Gasteiger partial charge in [0.15, 0.2) is 17.3 Å². The van der Waals surface area contributed by atoms with Crippen molar-refractivity contribution in [1.82, 2.24) is 5.16 Å². The molecule has 0 atom stereocenters. The Balaban J connectivity index is 2.94. The summed E-state index contributed by atoms with van der Waals surface area (Å²) < 4.78 is 30.6. The SMILES string of the molecule is O=Cc1cc2c(Cl)noc2c(F)c1F. The monoisotopic (exact) mass is 217 g/mol. The number of rotatable bonds is 1. The lowest BCUT2D eigenvalue weighted by atomic mass is 10.1. The summed E-state index contributed by atoms with van der Waals surface area (Å²) in [6.45, 7) is 0. The van der Waals surface area contributed by atoms with Crippen LogP contribution in [-0.4, -0.2) is 11.4 Å². The van der Waals surface area contributed by atoms with Crippen LogP contribution >= 0.6 is 11.6 Å². The van der Waals surface area contributed by atoms with E-state index in [2.05, 4.69) is 9.68 Å². The fraction of sp³-hybridized carbons (Fsp3) is 0. The Hall–Kier alpha value is -1.49. The zero-order chi connectivity index (χ0) is 10.3. The molecule has 0 N–H and O–H groups in total. The molecule has 0 spiro atoms. The van der Waals surface area contributed by atoms with Crippen molar-refractivity contribution in [2.24, 2.45) is 0 Å². The molecule has 0 bridgehead atoms. The minimum absolute atomic E-state index is 0.0765. The Kier molecular flexibility index (Phi) is 1.96. The van der Waals surface area contributed by atoms with E-state index in [1.807, 2.05) is 0 Å². The molecule has 0 unspecified atom stereocenters. The largest absolute Gasteiger partial charge is 0.351 e. The van der Waals surface area contributed by atoms with Gasteiger partial charge in [0.25, 0.3) is 0 Å². The molecule has 6 heteroatoms. The third-order valence-electron chi connectivity index (χ3n) is 1.76. The zero-order valence-electron chi connectivity index (χ0n) is 6.55. The first-order valence-corrected chi connectivity index (χ1v) is 3.91. The van der Waals surface area contributed by atoms with Crippen molar-refractivity contribution in [2.45, 2.75) is 0 Å². The summed E-state index contributed by atoms with van der Waals surface area (Å²) in [7, 11) is 0. The van der Waals surface area contributed by atoms with E-state index in [0.29, 0.717) is 0 Å². The fourth-order valence-electron chi connectivity index (χ4n) is 1.09. The molecule has 2 aromatic rings. The predicted octanol–water partition coefficient (Wildman–Crippen LogP) is 2.57. The predicted molar refractivity (Wildman–Crippen MR) is 44.3 cm³/mol. The summed E-state index contributed by atoms with van der Waals surface area (Å²) in [5.41, 5.74) is -0.807. The van der Waals surface area contributed by atoms with Gasteiger partial charge >= 0.3 is 0 Å². The van der Waals surface area contributed by atoms with Crippen LogP contribution in [0.25, 0.3) is 11.0 Å². The van der Waals surface area contributed by atoms with E-state index in [-0.39, 0.29) is 16.8 Å². The van der Waals surface area contributed by atoms with Crippen molar-refractivity contribution in [3.05, 3.63) is 28.4 Å². The third-order valence-corrected chi connectivity index (χ3v) is 2.03. The molecule has 72 valence electrons. The lowest BCUT2D eigenvalue weighted by Crippen LogP contribution is -1.92. The first-order chi connectivity index (χ1) is 6.65. The number of nitrogens with zero attached hydrogens (tertiary/aromatic N) is 1. The number of carbonyl (C=O) groups excluding carboxylic acids is 1. The smallest absolute Gasteiger partial charge is 0.207 e. The number of fused-ring (bicyclic) bond motifs is 1. The number of aldehydes is 1. The molecule has 0 amide bonds. The Labute approximate surface area is 81.2 Å². The van der Waals surface area contributed by atoms with Gasteiger partial charge in [0.05, 0.1) is 10.9 Å². The highest BCUT2D eigenvalue weighted by Crippen LogP contribution is 2.28. The van der Waals surface area contributed by atoms with E-state index in [4.69, 9.17) is 11.6 Å². The average Bonchev–Trinajstić information content (AvgIpc) is 2.54. The molecule has 0 aliphatic carbocycles. The van der Waals surface area contributed by atoms with Gasteiger partial charge < -0.3 is 4.52 Å². The Bertz CT molecular complexity index is 524. The molecule has 0 aliphatic rings. The number of aromatic nitrogens is 1. The molecule has 1 aromatic carbocycles. The molecule has 0 fully saturated rings. The van der Waals surface area contributed by atoms with Crippen LogP contribution in [0.15, 0.2) is 10.6 Å². The minimum atomic E-state index is -1.26. The minimum Gasteiger partial charge on any atom is -0.351 e. The van der Waals surface area contributed by atoms with E-state index >= 15 is 0 Å². The second kappa shape index (κ2) is 3.02. The number of halogens is 3. The van der Waals surface area contributed by atoms with Gasteiger partial charge in [-0.1, -0.05) is 16.8 Å². The lowest BCUT2D eigenvalue weighted by Gasteiger charge is -1.95. The summed E-state index contributed by atoms with van der Waals surface area (Å²) in [5, 5.41) is 3.21. The first-order valence-electron chi connectivity index (χ1n) is 3.53. The molecule has 0 aliphatic heterocycles. The number of benzene rings is 1. The van der Waals surface area contributed by atoms with E-state index in [9.17, 15) is 13.6 Å². The second-order valence-corrected chi connectivity index (χ2v) is 2.92. The summed E-state index contributed by atoms with van der Waals surface area (Å²) in [5.74, 6) is -2.52. The number of carbonyl (C=O) groups is 1. The second-order valence-electron chi connectivity index (χ2n) is 2.56. The highest BCUT2D eigenvalue weighted by Gasteiger charge is 2.18. The topological polar surface area (TPSA) is 43.1 Å². The van der Waals surface area contributed by atoms with Crippen LogP contribution in [0.1, 0.15) is 10.4 Å². The standard InChI is InChI=1S/C8H2ClF2NO2/c9-8-4-1-3(2-13)5(10)6(11)7(4)14-12-8/h1-2H. The van der Waals surface area contributed by atoms with Gasteiger partial charge in [-0.15, -0.1) is 0 Å². The molecular weight excluding hydrogens is 216 g/mol. The van der Waals surface area contributed by atoms with Crippen molar-refractivity contribution >= 4 is 28.9 Å². The quantitative estimate of drug-likeness (QED) is 0.690. The zero-order valence-corrected chi connectivity index (χ0v) is 7.31. The van der Waals surface area contributed by atoms with Crippen LogP contribution in [0.4, 0.5) is 8.78 Å². The van der Waals surface area contributed by atoms with Crippen molar-refractivity contribution in [3.63, 3.8) is 0 Å². The normalized spacial score (nSPS) is 10.8. The maximum Gasteiger partial charge on any atom is 0.207 e.